The van der Waals surface area contributed by atoms with E-state index in [1.165, 1.54) is 0 Å². The van der Waals surface area contributed by atoms with E-state index in [2.05, 4.69) is 0 Å². The second kappa shape index (κ2) is 4.86. The van der Waals surface area contributed by atoms with Crippen molar-refractivity contribution in [1.82, 2.24) is 0 Å². The van der Waals surface area contributed by atoms with Crippen molar-refractivity contribution >= 4 is 29.2 Å². The minimum Gasteiger partial charge on any atom is -0.481 e. The summed E-state index contributed by atoms with van der Waals surface area (Å²) in [6.07, 6.45) is 0.556. The molecule has 1 amide bonds. The second-order valence-corrected chi connectivity index (χ2v) is 4.73. The largest absolute Gasteiger partial charge is 0.481 e. The highest BCUT2D eigenvalue weighted by molar-refractivity contribution is 6.31. The lowest BCUT2D eigenvalue weighted by molar-refractivity contribution is -0.140. The van der Waals surface area contributed by atoms with Crippen molar-refractivity contribution in [2.24, 2.45) is 11.7 Å². The number of anilines is 1. The van der Waals surface area contributed by atoms with E-state index in [9.17, 15) is 9.59 Å². The molecule has 1 aromatic carbocycles. The first kappa shape index (κ1) is 12.7. The summed E-state index contributed by atoms with van der Waals surface area (Å²) >= 11 is 5.90. The quantitative estimate of drug-likeness (QED) is 0.867. The van der Waals surface area contributed by atoms with Gasteiger partial charge in [-0.2, -0.15) is 0 Å². The van der Waals surface area contributed by atoms with E-state index >= 15 is 0 Å². The molecule has 1 unspecified atom stereocenters. The summed E-state index contributed by atoms with van der Waals surface area (Å²) in [6.45, 7) is 0.952. The number of carboxylic acids is 1. The van der Waals surface area contributed by atoms with Gasteiger partial charge in [-0.15, -0.1) is 0 Å². The van der Waals surface area contributed by atoms with Gasteiger partial charge in [-0.05, 0) is 24.6 Å². The molecule has 0 saturated carbocycles. The number of nitrogens with zero attached hydrogens (tertiary/aromatic N) is 1. The van der Waals surface area contributed by atoms with Crippen LogP contribution in [-0.2, 0) is 4.79 Å². The van der Waals surface area contributed by atoms with Gasteiger partial charge in [0.1, 0.15) is 0 Å². The van der Waals surface area contributed by atoms with Crippen LogP contribution in [0.4, 0.5) is 5.69 Å². The van der Waals surface area contributed by atoms with Gasteiger partial charge in [0, 0.05) is 18.1 Å². The predicted octanol–water partition coefficient (Wildman–Crippen LogP) is 1.35. The first-order valence-electron chi connectivity index (χ1n) is 5.56. The van der Waals surface area contributed by atoms with Crippen LogP contribution in [0.25, 0.3) is 0 Å². The van der Waals surface area contributed by atoms with Crippen molar-refractivity contribution in [3.63, 3.8) is 0 Å². The number of rotatable bonds is 3. The van der Waals surface area contributed by atoms with E-state index < -0.39 is 17.8 Å². The molecule has 1 fully saturated rings. The number of nitrogens with two attached hydrogens (primary N) is 1. The van der Waals surface area contributed by atoms with Crippen molar-refractivity contribution in [3.8, 4) is 0 Å². The van der Waals surface area contributed by atoms with E-state index in [-0.39, 0.29) is 0 Å². The van der Waals surface area contributed by atoms with Crippen LogP contribution in [0.3, 0.4) is 0 Å². The number of hydrogen-bond acceptors (Lipinski definition) is 3. The van der Waals surface area contributed by atoms with Gasteiger partial charge in [0.15, 0.2) is 0 Å². The van der Waals surface area contributed by atoms with Gasteiger partial charge in [-0.1, -0.05) is 11.6 Å². The lowest BCUT2D eigenvalue weighted by Crippen LogP contribution is -2.25. The second-order valence-electron chi connectivity index (χ2n) is 4.30. The van der Waals surface area contributed by atoms with Gasteiger partial charge < -0.3 is 15.7 Å². The minimum absolute atomic E-state index is 0.366. The van der Waals surface area contributed by atoms with Crippen LogP contribution in [0.5, 0.6) is 0 Å². The summed E-state index contributed by atoms with van der Waals surface area (Å²) in [5.74, 6) is -1.77. The van der Waals surface area contributed by atoms with Gasteiger partial charge in [0.25, 0.3) is 5.91 Å². The van der Waals surface area contributed by atoms with E-state index in [0.29, 0.717) is 35.8 Å². The Morgan fingerprint density at radius 1 is 1.44 bits per heavy atom. The average molecular weight is 269 g/mol. The fraction of sp³-hybridized carbons (Fsp3) is 0.333. The Hall–Kier alpha value is -1.75. The van der Waals surface area contributed by atoms with Crippen LogP contribution in [0.1, 0.15) is 16.8 Å². The fourth-order valence-corrected chi connectivity index (χ4v) is 2.32. The van der Waals surface area contributed by atoms with Crippen LogP contribution in [0, 0.1) is 5.92 Å². The Morgan fingerprint density at radius 2 is 2.17 bits per heavy atom. The molecule has 0 aromatic heterocycles. The number of hydrogen-bond donors (Lipinski definition) is 2. The van der Waals surface area contributed by atoms with Crippen molar-refractivity contribution in [2.75, 3.05) is 18.0 Å². The van der Waals surface area contributed by atoms with E-state index in [1.807, 2.05) is 4.90 Å². The molecule has 18 heavy (non-hydrogen) atoms. The third-order valence-corrected chi connectivity index (χ3v) is 3.34. The Kier molecular flexibility index (Phi) is 3.43. The highest BCUT2D eigenvalue weighted by Gasteiger charge is 2.29. The molecule has 1 saturated heterocycles. The summed E-state index contributed by atoms with van der Waals surface area (Å²) in [5, 5.41) is 9.46. The molecule has 1 atom stereocenters. The van der Waals surface area contributed by atoms with Crippen LogP contribution >= 0.6 is 11.6 Å². The number of benzene rings is 1. The molecule has 1 aliphatic heterocycles. The number of carbonyl (C=O) groups is 2. The van der Waals surface area contributed by atoms with Crippen LogP contribution in [0.2, 0.25) is 5.02 Å². The molecule has 2 rings (SSSR count). The summed E-state index contributed by atoms with van der Waals surface area (Å²) in [4.78, 5) is 24.1. The SMILES string of the molecule is NC(=O)c1ccc(Cl)cc1N1CCC(C(=O)O)C1. The van der Waals surface area contributed by atoms with Crippen LogP contribution in [-0.4, -0.2) is 30.1 Å². The van der Waals surface area contributed by atoms with E-state index in [1.54, 1.807) is 18.2 Å². The standard InChI is InChI=1S/C12H13ClN2O3/c13-8-1-2-9(11(14)16)10(5-8)15-4-3-7(6-15)12(17)18/h1-2,5,7H,3-4,6H2,(H2,14,16)(H,17,18). The van der Waals surface area contributed by atoms with Gasteiger partial charge in [-0.3, -0.25) is 9.59 Å². The number of primary amides is 1. The molecule has 1 aliphatic rings. The first-order chi connectivity index (χ1) is 8.49. The maximum Gasteiger partial charge on any atom is 0.308 e. The zero-order valence-corrected chi connectivity index (χ0v) is 10.4. The molecule has 6 heteroatoms. The Balaban J connectivity index is 2.31. The maximum absolute atomic E-state index is 11.3. The summed E-state index contributed by atoms with van der Waals surface area (Å²) in [5.41, 5.74) is 6.28. The number of carboxylic acid groups (broad SMARTS) is 1. The molecule has 0 radical (unpaired) electrons. The minimum atomic E-state index is -0.819. The Bertz CT molecular complexity index is 504. The van der Waals surface area contributed by atoms with Gasteiger partial charge >= 0.3 is 5.97 Å². The van der Waals surface area contributed by atoms with Crippen molar-refractivity contribution in [3.05, 3.63) is 28.8 Å². The fourth-order valence-electron chi connectivity index (χ4n) is 2.16. The molecule has 1 aromatic rings. The normalized spacial score (nSPS) is 18.9. The predicted molar refractivity (Wildman–Crippen MR) is 67.9 cm³/mol. The summed E-state index contributed by atoms with van der Waals surface area (Å²) in [6, 6.07) is 4.80. The molecular formula is C12H13ClN2O3. The van der Waals surface area contributed by atoms with Crippen LogP contribution in [0.15, 0.2) is 18.2 Å². The third-order valence-electron chi connectivity index (χ3n) is 3.10. The zero-order chi connectivity index (χ0) is 13.3. The molecule has 0 spiro atoms. The number of amides is 1. The molecule has 0 bridgehead atoms. The molecule has 1 heterocycles. The third kappa shape index (κ3) is 2.41. The number of carbonyl (C=O) groups excluding carboxylic acids is 1. The zero-order valence-electron chi connectivity index (χ0n) is 9.60. The van der Waals surface area contributed by atoms with Crippen LogP contribution < -0.4 is 10.6 Å². The van der Waals surface area contributed by atoms with E-state index in [4.69, 9.17) is 22.4 Å². The van der Waals surface area contributed by atoms with E-state index in [0.717, 1.165) is 0 Å². The van der Waals surface area contributed by atoms with Crippen molar-refractivity contribution in [1.29, 1.82) is 0 Å². The number of halogens is 1. The van der Waals surface area contributed by atoms with Gasteiger partial charge in [0.05, 0.1) is 17.2 Å². The highest BCUT2D eigenvalue weighted by Crippen LogP contribution is 2.29. The highest BCUT2D eigenvalue weighted by atomic mass is 35.5. The van der Waals surface area contributed by atoms with Gasteiger partial charge in [-0.25, -0.2) is 0 Å². The lowest BCUT2D eigenvalue weighted by atomic mass is 10.1. The number of aliphatic carboxylic acids is 1. The topological polar surface area (TPSA) is 83.6 Å². The van der Waals surface area contributed by atoms with Crippen molar-refractivity contribution < 1.29 is 14.7 Å². The summed E-state index contributed by atoms with van der Waals surface area (Å²) < 4.78 is 0. The summed E-state index contributed by atoms with van der Waals surface area (Å²) in [7, 11) is 0. The van der Waals surface area contributed by atoms with Crippen molar-refractivity contribution in [2.45, 2.75) is 6.42 Å². The average Bonchev–Trinajstić information content (AvgIpc) is 2.77. The smallest absolute Gasteiger partial charge is 0.308 e. The maximum atomic E-state index is 11.3. The molecule has 5 nitrogen and oxygen atoms in total. The Labute approximate surface area is 109 Å². The monoisotopic (exact) mass is 268 g/mol. The molecular weight excluding hydrogens is 256 g/mol. The Morgan fingerprint density at radius 3 is 2.72 bits per heavy atom. The molecule has 96 valence electrons. The lowest BCUT2D eigenvalue weighted by Gasteiger charge is -2.20. The molecule has 0 aliphatic carbocycles. The van der Waals surface area contributed by atoms with Gasteiger partial charge in [0.2, 0.25) is 0 Å². The first-order valence-corrected chi connectivity index (χ1v) is 5.94. The molecule has 3 N–H and O–H groups in total.